The van der Waals surface area contributed by atoms with Gasteiger partial charge in [-0.1, -0.05) is 19.8 Å². The van der Waals surface area contributed by atoms with Crippen molar-refractivity contribution in [1.82, 2.24) is 10.2 Å². The number of ether oxygens (including phenoxy) is 1. The van der Waals surface area contributed by atoms with Crippen molar-refractivity contribution in [1.29, 1.82) is 0 Å². The number of hydrogen-bond donors (Lipinski definition) is 1. The molecule has 0 aliphatic carbocycles. The molecule has 0 amide bonds. The van der Waals surface area contributed by atoms with Gasteiger partial charge in [0.2, 0.25) is 0 Å². The molecule has 1 saturated heterocycles. The topological polar surface area (TPSA) is 41.6 Å². The van der Waals surface area contributed by atoms with E-state index in [0.29, 0.717) is 18.7 Å². The third-order valence-corrected chi connectivity index (χ3v) is 4.94. The van der Waals surface area contributed by atoms with Crippen LogP contribution in [0.2, 0.25) is 0 Å². The van der Waals surface area contributed by atoms with Crippen LogP contribution in [0.1, 0.15) is 66.2 Å². The summed E-state index contributed by atoms with van der Waals surface area (Å²) in [5.41, 5.74) is -0.597. The second-order valence-corrected chi connectivity index (χ2v) is 6.50. The van der Waals surface area contributed by atoms with Gasteiger partial charge in [-0.3, -0.25) is 9.69 Å². The highest BCUT2D eigenvalue weighted by atomic mass is 16.5. The number of carbonyl (C=O) groups is 1. The van der Waals surface area contributed by atoms with Crippen LogP contribution >= 0.6 is 0 Å². The molecule has 1 heterocycles. The van der Waals surface area contributed by atoms with Crippen molar-refractivity contribution >= 4 is 5.97 Å². The smallest absolute Gasteiger partial charge is 0.326 e. The minimum atomic E-state index is -0.597. The Kier molecular flexibility index (Phi) is 7.67. The summed E-state index contributed by atoms with van der Waals surface area (Å²) in [6, 6.07) is 1.04. The highest BCUT2D eigenvalue weighted by Gasteiger charge is 2.37. The first-order valence-corrected chi connectivity index (χ1v) is 8.60. The van der Waals surface area contributed by atoms with Crippen LogP contribution in [0.5, 0.6) is 0 Å². The minimum Gasteiger partial charge on any atom is -0.465 e. The third-order valence-electron chi connectivity index (χ3n) is 4.94. The van der Waals surface area contributed by atoms with E-state index in [1.54, 1.807) is 0 Å². The maximum atomic E-state index is 12.2. The lowest BCUT2D eigenvalue weighted by Crippen LogP contribution is -2.54. The van der Waals surface area contributed by atoms with E-state index in [4.69, 9.17) is 4.74 Å². The second-order valence-electron chi connectivity index (χ2n) is 6.50. The van der Waals surface area contributed by atoms with Gasteiger partial charge in [-0.25, -0.2) is 0 Å². The Balaban J connectivity index is 2.75. The average Bonchev–Trinajstić information content (AvgIpc) is 2.72. The Morgan fingerprint density at radius 3 is 2.67 bits per heavy atom. The van der Waals surface area contributed by atoms with Crippen LogP contribution < -0.4 is 5.32 Å². The first-order chi connectivity index (χ1) is 9.98. The van der Waals surface area contributed by atoms with Crippen LogP contribution in [-0.2, 0) is 9.53 Å². The predicted octanol–water partition coefficient (Wildman–Crippen LogP) is 2.96. The molecule has 0 saturated carbocycles. The maximum absolute atomic E-state index is 12.2. The Morgan fingerprint density at radius 1 is 1.38 bits per heavy atom. The standard InChI is InChI=1S/C17H34N2O2/c1-6-15-11-9-8-10-12-19(15)14(3)13-17(4,18-5)16(20)21-7-2/h14-15,18H,6-13H2,1-5H3. The summed E-state index contributed by atoms with van der Waals surface area (Å²) >= 11 is 0. The van der Waals surface area contributed by atoms with Gasteiger partial charge >= 0.3 is 5.97 Å². The molecule has 21 heavy (non-hydrogen) atoms. The number of carbonyl (C=O) groups excluding carboxylic acids is 1. The molecule has 4 nitrogen and oxygen atoms in total. The fourth-order valence-corrected chi connectivity index (χ4v) is 3.50. The zero-order chi connectivity index (χ0) is 15.9. The van der Waals surface area contributed by atoms with Crippen molar-refractivity contribution in [3.05, 3.63) is 0 Å². The predicted molar refractivity (Wildman–Crippen MR) is 87.4 cm³/mol. The van der Waals surface area contributed by atoms with Crippen molar-refractivity contribution in [3.8, 4) is 0 Å². The molecule has 3 atom stereocenters. The first kappa shape index (κ1) is 18.4. The van der Waals surface area contributed by atoms with Crippen LogP contribution in [0.25, 0.3) is 0 Å². The molecule has 1 aliphatic heterocycles. The molecular weight excluding hydrogens is 264 g/mol. The molecule has 3 unspecified atom stereocenters. The molecule has 0 aromatic heterocycles. The number of hydrogen-bond acceptors (Lipinski definition) is 4. The minimum absolute atomic E-state index is 0.137. The summed E-state index contributed by atoms with van der Waals surface area (Å²) in [7, 11) is 1.85. The van der Waals surface area contributed by atoms with Crippen molar-refractivity contribution in [2.75, 3.05) is 20.2 Å². The molecule has 1 fully saturated rings. The maximum Gasteiger partial charge on any atom is 0.326 e. The fourth-order valence-electron chi connectivity index (χ4n) is 3.50. The summed E-state index contributed by atoms with van der Waals surface area (Å²) in [6.07, 6.45) is 7.22. The lowest BCUT2D eigenvalue weighted by molar-refractivity contribution is -0.151. The molecule has 0 bridgehead atoms. The van der Waals surface area contributed by atoms with Crippen LogP contribution in [-0.4, -0.2) is 48.7 Å². The number of rotatable bonds is 7. The lowest BCUT2D eigenvalue weighted by Gasteiger charge is -2.39. The molecule has 1 aliphatic rings. The van der Waals surface area contributed by atoms with Crippen molar-refractivity contribution in [3.63, 3.8) is 0 Å². The van der Waals surface area contributed by atoms with Gasteiger partial charge in [0.1, 0.15) is 5.54 Å². The van der Waals surface area contributed by atoms with Crippen LogP contribution in [0.3, 0.4) is 0 Å². The van der Waals surface area contributed by atoms with Gasteiger partial charge in [0.05, 0.1) is 6.61 Å². The molecule has 124 valence electrons. The monoisotopic (exact) mass is 298 g/mol. The van der Waals surface area contributed by atoms with E-state index >= 15 is 0 Å². The highest BCUT2D eigenvalue weighted by molar-refractivity contribution is 5.80. The van der Waals surface area contributed by atoms with E-state index < -0.39 is 5.54 Å². The van der Waals surface area contributed by atoms with Crippen molar-refractivity contribution < 1.29 is 9.53 Å². The Hall–Kier alpha value is -0.610. The molecule has 4 heteroatoms. The van der Waals surface area contributed by atoms with Crippen molar-refractivity contribution in [2.24, 2.45) is 0 Å². The largest absolute Gasteiger partial charge is 0.465 e. The summed E-state index contributed by atoms with van der Waals surface area (Å²) in [6.45, 7) is 9.94. The molecule has 0 spiro atoms. The van der Waals surface area contributed by atoms with Gasteiger partial charge in [-0.05, 0) is 60.0 Å². The Morgan fingerprint density at radius 2 is 2.10 bits per heavy atom. The SMILES string of the molecule is CCOC(=O)C(C)(CC(C)N1CCCCCC1CC)NC. The molecule has 0 aromatic rings. The molecule has 0 radical (unpaired) electrons. The van der Waals surface area contributed by atoms with Gasteiger partial charge in [-0.15, -0.1) is 0 Å². The Bertz CT molecular complexity index is 322. The summed E-state index contributed by atoms with van der Waals surface area (Å²) in [5.74, 6) is -0.137. The van der Waals surface area contributed by atoms with Crippen LogP contribution in [0.4, 0.5) is 0 Å². The van der Waals surface area contributed by atoms with Gasteiger partial charge in [-0.2, -0.15) is 0 Å². The normalized spacial score (nSPS) is 24.9. The number of esters is 1. The quantitative estimate of drug-likeness (QED) is 0.734. The van der Waals surface area contributed by atoms with E-state index in [1.807, 2.05) is 20.9 Å². The number of nitrogens with zero attached hydrogens (tertiary/aromatic N) is 1. The average molecular weight is 298 g/mol. The van der Waals surface area contributed by atoms with Gasteiger partial charge in [0.25, 0.3) is 0 Å². The van der Waals surface area contributed by atoms with E-state index in [-0.39, 0.29) is 5.97 Å². The Labute approximate surface area is 130 Å². The summed E-state index contributed by atoms with van der Waals surface area (Å²) in [5, 5.41) is 3.18. The van der Waals surface area contributed by atoms with E-state index in [9.17, 15) is 4.79 Å². The fraction of sp³-hybridized carbons (Fsp3) is 0.941. The summed E-state index contributed by atoms with van der Waals surface area (Å²) in [4.78, 5) is 14.8. The van der Waals surface area contributed by atoms with E-state index in [2.05, 4.69) is 24.1 Å². The zero-order valence-electron chi connectivity index (χ0n) is 14.6. The summed E-state index contributed by atoms with van der Waals surface area (Å²) < 4.78 is 5.24. The van der Waals surface area contributed by atoms with Gasteiger partial charge in [0, 0.05) is 12.1 Å². The molecular formula is C17H34N2O2. The molecule has 0 aromatic carbocycles. The number of nitrogens with one attached hydrogen (secondary N) is 1. The van der Waals surface area contributed by atoms with Crippen LogP contribution in [0.15, 0.2) is 0 Å². The number of likely N-dealkylation sites (tertiary alicyclic amines) is 1. The first-order valence-electron chi connectivity index (χ1n) is 8.60. The highest BCUT2D eigenvalue weighted by Crippen LogP contribution is 2.25. The van der Waals surface area contributed by atoms with Gasteiger partial charge < -0.3 is 10.1 Å². The lowest BCUT2D eigenvalue weighted by atomic mass is 9.92. The van der Waals surface area contributed by atoms with Gasteiger partial charge in [0.15, 0.2) is 0 Å². The number of likely N-dealkylation sites (N-methyl/N-ethyl adjacent to an activating group) is 1. The zero-order valence-corrected chi connectivity index (χ0v) is 14.6. The second kappa shape index (κ2) is 8.74. The molecule has 1 rings (SSSR count). The molecule has 1 N–H and O–H groups in total. The van der Waals surface area contributed by atoms with Crippen LogP contribution in [0, 0.1) is 0 Å². The van der Waals surface area contributed by atoms with Crippen molar-refractivity contribution in [2.45, 2.75) is 83.8 Å². The van der Waals surface area contributed by atoms with E-state index in [1.165, 1.54) is 32.1 Å². The third kappa shape index (κ3) is 4.96. The van der Waals surface area contributed by atoms with E-state index in [0.717, 1.165) is 13.0 Å².